The van der Waals surface area contributed by atoms with Gasteiger partial charge in [0.25, 0.3) is 0 Å². The molecule has 0 aliphatic rings. The molecular weight excluding hydrogens is 326 g/mol. The molecule has 0 atom stereocenters. The standard InChI is InChI=1S/C18H26BrNO/c1-10(2)14-7-13(19)8-15-17(11(3)4)16(21-18(14)15)9-20-12(5)6/h7-8,10-12,20H,9H2,1-6H3. The summed E-state index contributed by atoms with van der Waals surface area (Å²) >= 11 is 3.65. The van der Waals surface area contributed by atoms with Crippen molar-refractivity contribution in [3.05, 3.63) is 33.5 Å². The first-order valence-corrected chi connectivity index (χ1v) is 8.58. The number of benzene rings is 1. The van der Waals surface area contributed by atoms with Gasteiger partial charge in [0.2, 0.25) is 0 Å². The Balaban J connectivity index is 2.64. The van der Waals surface area contributed by atoms with E-state index in [0.29, 0.717) is 17.9 Å². The van der Waals surface area contributed by atoms with Crippen LogP contribution in [0.2, 0.25) is 0 Å². The smallest absolute Gasteiger partial charge is 0.138 e. The Kier molecular flexibility index (Phi) is 5.15. The highest BCUT2D eigenvalue weighted by atomic mass is 79.9. The summed E-state index contributed by atoms with van der Waals surface area (Å²) in [7, 11) is 0. The van der Waals surface area contributed by atoms with Gasteiger partial charge >= 0.3 is 0 Å². The summed E-state index contributed by atoms with van der Waals surface area (Å²) in [6, 6.07) is 4.83. The zero-order valence-electron chi connectivity index (χ0n) is 13.9. The van der Waals surface area contributed by atoms with Gasteiger partial charge in [0.15, 0.2) is 0 Å². The molecule has 2 aromatic rings. The highest BCUT2D eigenvalue weighted by molar-refractivity contribution is 9.10. The summed E-state index contributed by atoms with van der Waals surface area (Å²) in [6.07, 6.45) is 0. The van der Waals surface area contributed by atoms with Crippen molar-refractivity contribution in [1.29, 1.82) is 0 Å². The summed E-state index contributed by atoms with van der Waals surface area (Å²) in [4.78, 5) is 0. The molecule has 0 radical (unpaired) electrons. The average Bonchev–Trinajstić information content (AvgIpc) is 2.73. The van der Waals surface area contributed by atoms with Gasteiger partial charge in [-0.05, 0) is 29.5 Å². The minimum absolute atomic E-state index is 0.446. The molecule has 1 aromatic carbocycles. The van der Waals surface area contributed by atoms with Gasteiger partial charge in [0.1, 0.15) is 11.3 Å². The van der Waals surface area contributed by atoms with E-state index in [1.54, 1.807) is 0 Å². The molecule has 1 N–H and O–H groups in total. The lowest BCUT2D eigenvalue weighted by atomic mass is 9.95. The fourth-order valence-electron chi connectivity index (χ4n) is 2.75. The molecule has 0 unspecified atom stereocenters. The molecule has 0 saturated carbocycles. The number of halogens is 1. The summed E-state index contributed by atoms with van der Waals surface area (Å²) in [5.74, 6) is 1.97. The van der Waals surface area contributed by atoms with Crippen molar-refractivity contribution in [1.82, 2.24) is 5.32 Å². The van der Waals surface area contributed by atoms with Crippen LogP contribution in [0.4, 0.5) is 0 Å². The van der Waals surface area contributed by atoms with Crippen molar-refractivity contribution < 1.29 is 4.42 Å². The lowest BCUT2D eigenvalue weighted by molar-refractivity contribution is 0.478. The first kappa shape index (κ1) is 16.6. The SMILES string of the molecule is CC(C)NCc1oc2c(C(C)C)cc(Br)cc2c1C(C)C. The Morgan fingerprint density at radius 3 is 2.24 bits per heavy atom. The topological polar surface area (TPSA) is 25.2 Å². The Morgan fingerprint density at radius 2 is 1.71 bits per heavy atom. The largest absolute Gasteiger partial charge is 0.459 e. The number of hydrogen-bond donors (Lipinski definition) is 1. The fourth-order valence-corrected chi connectivity index (χ4v) is 3.22. The quantitative estimate of drug-likeness (QED) is 0.720. The molecule has 21 heavy (non-hydrogen) atoms. The monoisotopic (exact) mass is 351 g/mol. The van der Waals surface area contributed by atoms with Crippen molar-refractivity contribution in [3.8, 4) is 0 Å². The third-order valence-corrected chi connectivity index (χ3v) is 4.23. The van der Waals surface area contributed by atoms with Crippen LogP contribution in [0.25, 0.3) is 11.0 Å². The highest BCUT2D eigenvalue weighted by Gasteiger charge is 2.20. The van der Waals surface area contributed by atoms with Gasteiger partial charge in [0, 0.05) is 21.5 Å². The first-order valence-electron chi connectivity index (χ1n) is 7.79. The molecule has 2 nitrogen and oxygen atoms in total. The first-order chi connectivity index (χ1) is 9.81. The molecule has 116 valence electrons. The Morgan fingerprint density at radius 1 is 1.05 bits per heavy atom. The lowest BCUT2D eigenvalue weighted by Gasteiger charge is -2.10. The second-order valence-electron chi connectivity index (χ2n) is 6.66. The van der Waals surface area contributed by atoms with Crippen LogP contribution in [0.15, 0.2) is 21.0 Å². The van der Waals surface area contributed by atoms with E-state index in [2.05, 4.69) is 74.9 Å². The van der Waals surface area contributed by atoms with E-state index in [0.717, 1.165) is 22.4 Å². The molecule has 0 spiro atoms. The summed E-state index contributed by atoms with van der Waals surface area (Å²) in [5.41, 5.74) is 3.66. The Bertz CT molecular complexity index is 626. The van der Waals surface area contributed by atoms with Crippen LogP contribution >= 0.6 is 15.9 Å². The van der Waals surface area contributed by atoms with Crippen LogP contribution in [0, 0.1) is 0 Å². The number of hydrogen-bond acceptors (Lipinski definition) is 2. The second kappa shape index (κ2) is 6.53. The third kappa shape index (κ3) is 3.51. The number of furan rings is 1. The molecule has 1 aromatic heterocycles. The van der Waals surface area contributed by atoms with Crippen LogP contribution in [-0.2, 0) is 6.54 Å². The minimum atomic E-state index is 0.446. The summed E-state index contributed by atoms with van der Waals surface area (Å²) < 4.78 is 7.40. The van der Waals surface area contributed by atoms with Gasteiger partial charge in [-0.3, -0.25) is 0 Å². The molecule has 2 rings (SSSR count). The van der Waals surface area contributed by atoms with Gasteiger partial charge in [-0.2, -0.15) is 0 Å². The predicted octanol–water partition coefficient (Wildman–Crippen LogP) is 5.94. The number of nitrogens with one attached hydrogen (secondary N) is 1. The zero-order chi connectivity index (χ0) is 15.7. The zero-order valence-corrected chi connectivity index (χ0v) is 15.5. The second-order valence-corrected chi connectivity index (χ2v) is 7.57. The highest BCUT2D eigenvalue weighted by Crippen LogP contribution is 2.38. The van der Waals surface area contributed by atoms with Gasteiger partial charge < -0.3 is 9.73 Å². The maximum atomic E-state index is 6.28. The third-order valence-electron chi connectivity index (χ3n) is 3.77. The number of rotatable bonds is 5. The van der Waals surface area contributed by atoms with Crippen LogP contribution in [0.5, 0.6) is 0 Å². The predicted molar refractivity (Wildman–Crippen MR) is 94.1 cm³/mol. The number of fused-ring (bicyclic) bond motifs is 1. The van der Waals surface area contributed by atoms with Gasteiger partial charge in [-0.1, -0.05) is 57.5 Å². The van der Waals surface area contributed by atoms with E-state index in [4.69, 9.17) is 4.42 Å². The molecule has 0 aliphatic heterocycles. The van der Waals surface area contributed by atoms with E-state index in [1.165, 1.54) is 16.5 Å². The molecule has 0 amide bonds. The van der Waals surface area contributed by atoms with Crippen molar-refractivity contribution in [2.45, 2.75) is 66.0 Å². The lowest BCUT2D eigenvalue weighted by Crippen LogP contribution is -2.22. The summed E-state index contributed by atoms with van der Waals surface area (Å²) in [6.45, 7) is 14.0. The van der Waals surface area contributed by atoms with E-state index >= 15 is 0 Å². The van der Waals surface area contributed by atoms with Gasteiger partial charge in [-0.25, -0.2) is 0 Å². The van der Waals surface area contributed by atoms with Crippen LogP contribution in [0.1, 0.15) is 70.3 Å². The van der Waals surface area contributed by atoms with E-state index in [-0.39, 0.29) is 0 Å². The van der Waals surface area contributed by atoms with E-state index < -0.39 is 0 Å². The van der Waals surface area contributed by atoms with Crippen LogP contribution in [-0.4, -0.2) is 6.04 Å². The molecule has 0 fully saturated rings. The average molecular weight is 352 g/mol. The van der Waals surface area contributed by atoms with Gasteiger partial charge in [0.05, 0.1) is 6.54 Å². The molecule has 0 saturated heterocycles. The van der Waals surface area contributed by atoms with Crippen LogP contribution < -0.4 is 5.32 Å². The van der Waals surface area contributed by atoms with Crippen molar-refractivity contribution in [2.75, 3.05) is 0 Å². The van der Waals surface area contributed by atoms with Crippen molar-refractivity contribution in [3.63, 3.8) is 0 Å². The maximum absolute atomic E-state index is 6.28. The molecule has 1 heterocycles. The van der Waals surface area contributed by atoms with Crippen molar-refractivity contribution in [2.24, 2.45) is 0 Å². The fraction of sp³-hybridized carbons (Fsp3) is 0.556. The van der Waals surface area contributed by atoms with E-state index in [1.807, 2.05) is 0 Å². The Labute approximate surface area is 136 Å². The minimum Gasteiger partial charge on any atom is -0.459 e. The summed E-state index contributed by atoms with van der Waals surface area (Å²) in [5, 5.41) is 4.73. The van der Waals surface area contributed by atoms with Crippen LogP contribution in [0.3, 0.4) is 0 Å². The Hall–Kier alpha value is -0.800. The van der Waals surface area contributed by atoms with Crippen molar-refractivity contribution >= 4 is 26.9 Å². The normalized spacial score (nSPS) is 12.3. The maximum Gasteiger partial charge on any atom is 0.138 e. The molecule has 0 aliphatic carbocycles. The molecule has 3 heteroatoms. The van der Waals surface area contributed by atoms with E-state index in [9.17, 15) is 0 Å². The van der Waals surface area contributed by atoms with Gasteiger partial charge in [-0.15, -0.1) is 0 Å². The molecular formula is C18H26BrNO. The molecule has 0 bridgehead atoms.